The Morgan fingerprint density at radius 3 is 2.88 bits per heavy atom. The normalized spacial score (nSPS) is 29.1. The van der Waals surface area contributed by atoms with Gasteiger partial charge in [0, 0.05) is 7.11 Å². The first-order valence-corrected chi connectivity index (χ1v) is 8.50. The van der Waals surface area contributed by atoms with Gasteiger partial charge in [-0.15, -0.1) is 0 Å². The van der Waals surface area contributed by atoms with Gasteiger partial charge in [-0.2, -0.15) is 4.98 Å². The van der Waals surface area contributed by atoms with E-state index in [0.717, 1.165) is 7.11 Å². The van der Waals surface area contributed by atoms with Gasteiger partial charge in [-0.3, -0.25) is 23.4 Å². The Bertz CT molecular complexity index is 883. The zero-order valence-corrected chi connectivity index (χ0v) is 13.7. The molecule has 1 fully saturated rings. The number of phosphoric ester groups is 1. The summed E-state index contributed by atoms with van der Waals surface area (Å²) >= 11 is 0. The van der Waals surface area contributed by atoms with Crippen LogP contribution in [0.1, 0.15) is 6.23 Å². The molecule has 0 saturated carbocycles. The molecule has 1 aliphatic heterocycles. The summed E-state index contributed by atoms with van der Waals surface area (Å²) in [5, 5.41) is 20.3. The lowest BCUT2D eigenvalue weighted by atomic mass is 10.1. The quantitative estimate of drug-likeness (QED) is 0.364. The van der Waals surface area contributed by atoms with Crippen molar-refractivity contribution in [3.63, 3.8) is 0 Å². The third kappa shape index (κ3) is 3.30. The van der Waals surface area contributed by atoms with Crippen LogP contribution in [0.4, 0.5) is 5.95 Å². The molecule has 14 heteroatoms. The number of aliphatic hydroxyl groups is 2. The van der Waals surface area contributed by atoms with Crippen LogP contribution in [0, 0.1) is 0 Å². The summed E-state index contributed by atoms with van der Waals surface area (Å²) < 4.78 is 26.9. The number of nitrogen functional groups attached to an aromatic ring is 1. The number of hydrogen-bond donors (Lipinski definition) is 5. The number of hydrogen-bond acceptors (Lipinski definition) is 10. The van der Waals surface area contributed by atoms with Crippen LogP contribution in [-0.2, 0) is 18.3 Å². The minimum Gasteiger partial charge on any atom is -0.387 e. The number of fused-ring (bicyclic) bond motifs is 1. The van der Waals surface area contributed by atoms with Crippen molar-refractivity contribution in [3.05, 3.63) is 16.7 Å². The van der Waals surface area contributed by atoms with Crippen LogP contribution in [-0.4, -0.2) is 66.7 Å². The fourth-order valence-corrected chi connectivity index (χ4v) is 2.89. The molecule has 0 aliphatic carbocycles. The summed E-state index contributed by atoms with van der Waals surface area (Å²) in [7, 11) is -3.29. The van der Waals surface area contributed by atoms with Crippen LogP contribution in [0.2, 0.25) is 0 Å². The van der Waals surface area contributed by atoms with Gasteiger partial charge in [-0.25, -0.2) is 9.55 Å². The molecular formula is C11H16N5O8P. The number of phosphoric acid groups is 1. The molecule has 138 valence electrons. The van der Waals surface area contributed by atoms with Crippen molar-refractivity contribution in [1.82, 2.24) is 19.5 Å². The van der Waals surface area contributed by atoms with Crippen molar-refractivity contribution in [2.45, 2.75) is 24.5 Å². The van der Waals surface area contributed by atoms with E-state index in [9.17, 15) is 24.5 Å². The van der Waals surface area contributed by atoms with E-state index in [1.807, 2.05) is 0 Å². The number of anilines is 1. The number of aliphatic hydroxyl groups excluding tert-OH is 2. The molecule has 3 rings (SSSR count). The van der Waals surface area contributed by atoms with E-state index in [-0.39, 0.29) is 17.1 Å². The maximum absolute atomic E-state index is 11.8. The van der Waals surface area contributed by atoms with Gasteiger partial charge in [0.15, 0.2) is 17.4 Å². The van der Waals surface area contributed by atoms with Crippen molar-refractivity contribution in [1.29, 1.82) is 0 Å². The molecule has 0 aromatic carbocycles. The molecular weight excluding hydrogens is 361 g/mol. The highest BCUT2D eigenvalue weighted by Gasteiger charge is 2.45. The largest absolute Gasteiger partial charge is 0.472 e. The highest BCUT2D eigenvalue weighted by molar-refractivity contribution is 7.47. The first kappa shape index (κ1) is 17.9. The highest BCUT2D eigenvalue weighted by atomic mass is 31.2. The number of nitrogens with zero attached hydrogens (tertiary/aromatic N) is 3. The lowest BCUT2D eigenvalue weighted by Gasteiger charge is -2.17. The average molecular weight is 377 g/mol. The molecule has 1 aliphatic rings. The second-order valence-corrected chi connectivity index (χ2v) is 6.83. The number of H-pyrrole nitrogens is 1. The molecule has 5 atom stereocenters. The summed E-state index contributed by atoms with van der Waals surface area (Å²) in [6.07, 6.45) is -3.97. The molecule has 2 aromatic rings. The van der Waals surface area contributed by atoms with Crippen molar-refractivity contribution in [2.75, 3.05) is 19.5 Å². The highest BCUT2D eigenvalue weighted by Crippen LogP contribution is 2.43. The maximum atomic E-state index is 11.8. The smallest absolute Gasteiger partial charge is 0.387 e. The summed E-state index contributed by atoms with van der Waals surface area (Å²) in [5.41, 5.74) is 4.94. The Kier molecular flexibility index (Phi) is 4.64. The molecule has 0 bridgehead atoms. The van der Waals surface area contributed by atoms with Gasteiger partial charge < -0.3 is 25.6 Å². The molecule has 13 nitrogen and oxygen atoms in total. The van der Waals surface area contributed by atoms with Gasteiger partial charge in [0.2, 0.25) is 5.95 Å². The molecule has 3 heterocycles. The lowest BCUT2D eigenvalue weighted by molar-refractivity contribution is -0.0509. The number of nitrogens with two attached hydrogens (primary N) is 1. The van der Waals surface area contributed by atoms with Crippen molar-refractivity contribution < 1.29 is 33.5 Å². The zero-order valence-electron chi connectivity index (χ0n) is 12.8. The van der Waals surface area contributed by atoms with Crippen molar-refractivity contribution in [3.8, 4) is 0 Å². The van der Waals surface area contributed by atoms with Crippen LogP contribution in [0.5, 0.6) is 0 Å². The van der Waals surface area contributed by atoms with Crippen LogP contribution in [0.25, 0.3) is 11.2 Å². The molecule has 0 spiro atoms. The summed E-state index contributed by atoms with van der Waals surface area (Å²) in [4.78, 5) is 31.1. The monoisotopic (exact) mass is 377 g/mol. The number of aromatic amines is 1. The first-order valence-electron chi connectivity index (χ1n) is 7.00. The topological polar surface area (TPSA) is 195 Å². The standard InChI is InChI=1S/C11H16N5O8P/c1-22-25(20,21)23-2-4-6(17)7(18)10(24-4)16-3-13-5-8(16)14-11(12)15-9(5)19/h3-4,6-7,10,17-18H,2H2,1H3,(H,20,21)(H3,12,14,15,19)/t4-,6-,7-,10-/m1/s1. The maximum Gasteiger partial charge on any atom is 0.472 e. The van der Waals surface area contributed by atoms with Crippen LogP contribution in [0.3, 0.4) is 0 Å². The Labute approximate surface area is 139 Å². The Hall–Kier alpha value is -1.86. The fourth-order valence-electron chi connectivity index (χ4n) is 2.45. The third-order valence-electron chi connectivity index (χ3n) is 3.69. The number of nitrogens with one attached hydrogen (secondary N) is 1. The van der Waals surface area contributed by atoms with E-state index >= 15 is 0 Å². The van der Waals surface area contributed by atoms with Crippen LogP contribution < -0.4 is 11.3 Å². The fraction of sp³-hybridized carbons (Fsp3) is 0.545. The number of ether oxygens (including phenoxy) is 1. The predicted molar refractivity (Wildman–Crippen MR) is 81.3 cm³/mol. The molecule has 1 saturated heterocycles. The first-order chi connectivity index (χ1) is 11.7. The van der Waals surface area contributed by atoms with E-state index < -0.39 is 44.5 Å². The molecule has 0 amide bonds. The molecule has 2 aromatic heterocycles. The van der Waals surface area contributed by atoms with Gasteiger partial charge in [0.25, 0.3) is 5.56 Å². The Balaban J connectivity index is 1.87. The summed E-state index contributed by atoms with van der Waals surface area (Å²) in [6, 6.07) is 0. The minimum absolute atomic E-state index is 0.0292. The second-order valence-electron chi connectivity index (χ2n) is 5.27. The minimum atomic E-state index is -4.27. The van der Waals surface area contributed by atoms with E-state index in [0.29, 0.717) is 0 Å². The van der Waals surface area contributed by atoms with Crippen molar-refractivity contribution >= 4 is 24.9 Å². The second kappa shape index (κ2) is 6.46. The van der Waals surface area contributed by atoms with Crippen LogP contribution in [0.15, 0.2) is 11.1 Å². The van der Waals surface area contributed by atoms with E-state index in [4.69, 9.17) is 10.5 Å². The van der Waals surface area contributed by atoms with Gasteiger partial charge in [-0.1, -0.05) is 0 Å². The number of aromatic nitrogens is 4. The average Bonchev–Trinajstić information content (AvgIpc) is 3.08. The molecule has 1 unspecified atom stereocenters. The van der Waals surface area contributed by atoms with Crippen molar-refractivity contribution in [2.24, 2.45) is 0 Å². The van der Waals surface area contributed by atoms with Gasteiger partial charge >= 0.3 is 7.82 Å². The van der Waals surface area contributed by atoms with E-state index in [1.54, 1.807) is 0 Å². The van der Waals surface area contributed by atoms with Crippen LogP contribution >= 0.6 is 7.82 Å². The third-order valence-corrected chi connectivity index (χ3v) is 4.63. The molecule has 0 radical (unpaired) electrons. The Morgan fingerprint density at radius 1 is 1.48 bits per heavy atom. The van der Waals surface area contributed by atoms with Gasteiger partial charge in [0.1, 0.15) is 18.3 Å². The zero-order chi connectivity index (χ0) is 18.4. The van der Waals surface area contributed by atoms with E-state index in [2.05, 4.69) is 24.0 Å². The van der Waals surface area contributed by atoms with Gasteiger partial charge in [0.05, 0.1) is 12.9 Å². The SMILES string of the molecule is COP(=O)(O)OC[C@H]1O[C@@H](n2cnc3c(=O)[nH]c(N)nc32)[C@H](O)[C@@H]1O. The molecule has 6 N–H and O–H groups in total. The lowest BCUT2D eigenvalue weighted by Crippen LogP contribution is -2.33. The summed E-state index contributed by atoms with van der Waals surface area (Å²) in [6.45, 7) is -0.515. The van der Waals surface area contributed by atoms with Gasteiger partial charge in [-0.05, 0) is 0 Å². The number of imidazole rings is 1. The number of rotatable bonds is 5. The summed E-state index contributed by atoms with van der Waals surface area (Å²) in [5.74, 6) is -0.159. The predicted octanol–water partition coefficient (Wildman–Crippen LogP) is -1.92. The molecule has 25 heavy (non-hydrogen) atoms. The van der Waals surface area contributed by atoms with E-state index in [1.165, 1.54) is 10.9 Å². The Morgan fingerprint density at radius 2 is 2.20 bits per heavy atom.